The van der Waals surface area contributed by atoms with E-state index >= 15 is 0 Å². The van der Waals surface area contributed by atoms with E-state index in [0.29, 0.717) is 24.3 Å². The van der Waals surface area contributed by atoms with Crippen LogP contribution in [-0.4, -0.2) is 12.6 Å². The molecular formula is C15H14N2O2S. The molecule has 0 aliphatic rings. The first-order valence-electron chi connectivity index (χ1n) is 6.21. The molecule has 1 heterocycles. The van der Waals surface area contributed by atoms with Gasteiger partial charge in [-0.05, 0) is 37.3 Å². The van der Waals surface area contributed by atoms with Gasteiger partial charge >= 0.3 is 5.97 Å². The quantitative estimate of drug-likeness (QED) is 0.856. The molecule has 0 spiro atoms. The summed E-state index contributed by atoms with van der Waals surface area (Å²) < 4.78 is 4.92. The maximum atomic E-state index is 11.5. The number of nitrogens with zero attached hydrogens (tertiary/aromatic N) is 1. The number of rotatable bonds is 5. The molecule has 0 aliphatic carbocycles. The fraction of sp³-hybridized carbons (Fsp3) is 0.200. The Bertz CT molecular complexity index is 626. The van der Waals surface area contributed by atoms with Crippen molar-refractivity contribution in [2.75, 3.05) is 11.9 Å². The van der Waals surface area contributed by atoms with Gasteiger partial charge in [0.25, 0.3) is 0 Å². The third-order valence-electron chi connectivity index (χ3n) is 2.65. The molecule has 0 saturated heterocycles. The highest BCUT2D eigenvalue weighted by Gasteiger charge is 2.05. The maximum Gasteiger partial charge on any atom is 0.338 e. The average molecular weight is 286 g/mol. The molecule has 102 valence electrons. The third-order valence-corrected chi connectivity index (χ3v) is 3.58. The van der Waals surface area contributed by atoms with Gasteiger partial charge in [0.05, 0.1) is 17.7 Å². The number of carbonyl (C=O) groups excluding carboxylic acids is 1. The van der Waals surface area contributed by atoms with E-state index in [9.17, 15) is 4.79 Å². The lowest BCUT2D eigenvalue weighted by Gasteiger charge is -2.06. The Morgan fingerprint density at radius 1 is 1.40 bits per heavy atom. The minimum atomic E-state index is -0.309. The molecule has 1 aromatic carbocycles. The van der Waals surface area contributed by atoms with E-state index in [0.717, 1.165) is 10.6 Å². The Hall–Kier alpha value is -2.32. The highest BCUT2D eigenvalue weighted by molar-refractivity contribution is 7.10. The Labute approximate surface area is 121 Å². The predicted octanol–water partition coefficient (Wildman–Crippen LogP) is 3.41. The summed E-state index contributed by atoms with van der Waals surface area (Å²) in [7, 11) is 0. The van der Waals surface area contributed by atoms with Gasteiger partial charge in [0.2, 0.25) is 0 Å². The van der Waals surface area contributed by atoms with E-state index in [2.05, 4.69) is 11.4 Å². The highest BCUT2D eigenvalue weighted by atomic mass is 32.1. The molecule has 20 heavy (non-hydrogen) atoms. The van der Waals surface area contributed by atoms with Crippen molar-refractivity contribution in [3.8, 4) is 6.07 Å². The summed E-state index contributed by atoms with van der Waals surface area (Å²) in [6, 6.07) is 11.1. The fourth-order valence-electron chi connectivity index (χ4n) is 1.66. The lowest BCUT2D eigenvalue weighted by Crippen LogP contribution is -2.04. The number of hydrogen-bond acceptors (Lipinski definition) is 5. The number of nitrogens with one attached hydrogen (secondary N) is 1. The summed E-state index contributed by atoms with van der Waals surface area (Å²) in [5, 5.41) is 13.8. The molecule has 0 aliphatic heterocycles. The number of ether oxygens (including phenoxy) is 1. The van der Waals surface area contributed by atoms with Crippen molar-refractivity contribution >= 4 is 23.0 Å². The first kappa shape index (κ1) is 14.1. The lowest BCUT2D eigenvalue weighted by molar-refractivity contribution is 0.0526. The van der Waals surface area contributed by atoms with Crippen LogP contribution in [0.1, 0.15) is 27.7 Å². The third kappa shape index (κ3) is 3.59. The number of benzene rings is 1. The van der Waals surface area contributed by atoms with Crippen LogP contribution >= 0.6 is 11.3 Å². The van der Waals surface area contributed by atoms with Crippen molar-refractivity contribution in [1.29, 1.82) is 5.26 Å². The summed E-state index contributed by atoms with van der Waals surface area (Å²) in [6.07, 6.45) is 0. The largest absolute Gasteiger partial charge is 0.462 e. The van der Waals surface area contributed by atoms with Crippen LogP contribution in [0.4, 0.5) is 5.69 Å². The zero-order valence-electron chi connectivity index (χ0n) is 11.1. The molecule has 0 saturated carbocycles. The van der Waals surface area contributed by atoms with Crippen LogP contribution in [-0.2, 0) is 11.3 Å². The highest BCUT2D eigenvalue weighted by Crippen LogP contribution is 2.17. The molecule has 0 fully saturated rings. The van der Waals surface area contributed by atoms with Gasteiger partial charge in [-0.15, -0.1) is 11.3 Å². The van der Waals surface area contributed by atoms with Crippen LogP contribution in [0.3, 0.4) is 0 Å². The van der Waals surface area contributed by atoms with E-state index in [4.69, 9.17) is 10.00 Å². The monoisotopic (exact) mass is 286 g/mol. The van der Waals surface area contributed by atoms with E-state index < -0.39 is 0 Å². The fourth-order valence-corrected chi connectivity index (χ4v) is 2.41. The van der Waals surface area contributed by atoms with Crippen molar-refractivity contribution in [2.24, 2.45) is 0 Å². The van der Waals surface area contributed by atoms with E-state index in [1.165, 1.54) is 0 Å². The second-order valence-electron chi connectivity index (χ2n) is 4.06. The van der Waals surface area contributed by atoms with Crippen LogP contribution < -0.4 is 5.32 Å². The SMILES string of the molecule is CCOC(=O)c1ccc(NCc2cc(C#N)cs2)cc1. The Morgan fingerprint density at radius 2 is 2.15 bits per heavy atom. The van der Waals surface area contributed by atoms with Crippen molar-refractivity contribution < 1.29 is 9.53 Å². The minimum Gasteiger partial charge on any atom is -0.462 e. The zero-order chi connectivity index (χ0) is 14.4. The first-order valence-corrected chi connectivity index (χ1v) is 7.09. The van der Waals surface area contributed by atoms with Gasteiger partial charge in [-0.3, -0.25) is 0 Å². The molecule has 0 atom stereocenters. The number of esters is 1. The summed E-state index contributed by atoms with van der Waals surface area (Å²) in [4.78, 5) is 12.6. The smallest absolute Gasteiger partial charge is 0.338 e. The second-order valence-corrected chi connectivity index (χ2v) is 5.06. The van der Waals surface area contributed by atoms with Crippen LogP contribution in [0.15, 0.2) is 35.7 Å². The Kier molecular flexibility index (Phi) is 4.75. The number of hydrogen-bond donors (Lipinski definition) is 1. The molecule has 0 radical (unpaired) electrons. The van der Waals surface area contributed by atoms with Crippen LogP contribution in [0.25, 0.3) is 0 Å². The Balaban J connectivity index is 1.94. The molecule has 2 rings (SSSR count). The molecule has 0 amide bonds. The molecule has 1 aromatic heterocycles. The van der Waals surface area contributed by atoms with Gasteiger partial charge in [0.1, 0.15) is 6.07 Å². The van der Waals surface area contributed by atoms with Gasteiger partial charge in [-0.25, -0.2) is 4.79 Å². The van der Waals surface area contributed by atoms with Crippen LogP contribution in [0, 0.1) is 11.3 Å². The number of carbonyl (C=O) groups is 1. The second kappa shape index (κ2) is 6.73. The Morgan fingerprint density at radius 3 is 2.75 bits per heavy atom. The van der Waals surface area contributed by atoms with Crippen molar-refractivity contribution in [3.63, 3.8) is 0 Å². The van der Waals surface area contributed by atoms with Crippen molar-refractivity contribution in [2.45, 2.75) is 13.5 Å². The normalized spacial score (nSPS) is 9.80. The molecule has 4 nitrogen and oxygen atoms in total. The zero-order valence-corrected chi connectivity index (χ0v) is 11.9. The van der Waals surface area contributed by atoms with Gasteiger partial charge in [0, 0.05) is 22.5 Å². The van der Waals surface area contributed by atoms with E-state index in [-0.39, 0.29) is 5.97 Å². The standard InChI is InChI=1S/C15H14N2O2S/c1-2-19-15(18)12-3-5-13(6-4-12)17-9-14-7-11(8-16)10-20-14/h3-7,10,17H,2,9H2,1H3. The molecule has 1 N–H and O–H groups in total. The topological polar surface area (TPSA) is 62.1 Å². The predicted molar refractivity (Wildman–Crippen MR) is 78.8 cm³/mol. The van der Waals surface area contributed by atoms with E-state index in [1.54, 1.807) is 30.4 Å². The molecule has 5 heteroatoms. The van der Waals surface area contributed by atoms with Crippen molar-refractivity contribution in [1.82, 2.24) is 0 Å². The lowest BCUT2D eigenvalue weighted by atomic mass is 10.2. The molecule has 0 unspecified atom stereocenters. The number of anilines is 1. The number of nitriles is 1. The summed E-state index contributed by atoms with van der Waals surface area (Å²) in [6.45, 7) is 2.81. The van der Waals surface area contributed by atoms with Gasteiger partial charge < -0.3 is 10.1 Å². The molecule has 0 bridgehead atoms. The van der Waals surface area contributed by atoms with Crippen molar-refractivity contribution in [3.05, 3.63) is 51.7 Å². The van der Waals surface area contributed by atoms with Crippen LogP contribution in [0.5, 0.6) is 0 Å². The van der Waals surface area contributed by atoms with Crippen LogP contribution in [0.2, 0.25) is 0 Å². The molecular weight excluding hydrogens is 272 g/mol. The van der Waals surface area contributed by atoms with Gasteiger partial charge in [-0.1, -0.05) is 0 Å². The minimum absolute atomic E-state index is 0.309. The number of thiophene rings is 1. The summed E-state index contributed by atoms with van der Waals surface area (Å²) >= 11 is 1.55. The molecule has 2 aromatic rings. The van der Waals surface area contributed by atoms with Gasteiger partial charge in [-0.2, -0.15) is 5.26 Å². The maximum absolute atomic E-state index is 11.5. The van der Waals surface area contributed by atoms with E-state index in [1.807, 2.05) is 23.6 Å². The van der Waals surface area contributed by atoms with Gasteiger partial charge in [0.15, 0.2) is 0 Å². The summed E-state index contributed by atoms with van der Waals surface area (Å²) in [5.74, 6) is -0.309. The first-order chi connectivity index (χ1) is 9.72. The summed E-state index contributed by atoms with van der Waals surface area (Å²) in [5.41, 5.74) is 2.15. The average Bonchev–Trinajstić information content (AvgIpc) is 2.94.